The van der Waals surface area contributed by atoms with Gasteiger partial charge in [0, 0.05) is 11.1 Å². The molecule has 0 spiro atoms. The highest BCUT2D eigenvalue weighted by molar-refractivity contribution is 5.95. The number of hydrogen-bond acceptors (Lipinski definition) is 5. The Kier molecular flexibility index (Phi) is 4.61. The molecule has 0 saturated heterocycles. The van der Waals surface area contributed by atoms with Crippen molar-refractivity contribution in [2.24, 2.45) is 0 Å². The largest absolute Gasteiger partial charge is 0.497 e. The van der Waals surface area contributed by atoms with Crippen molar-refractivity contribution in [1.82, 2.24) is 10.3 Å². The van der Waals surface area contributed by atoms with Crippen molar-refractivity contribution >= 4 is 11.7 Å². The molecule has 0 bridgehead atoms. The van der Waals surface area contributed by atoms with E-state index in [1.165, 1.54) is 0 Å². The molecule has 0 radical (unpaired) electrons. The summed E-state index contributed by atoms with van der Waals surface area (Å²) in [4.78, 5) is 16.8. The number of carbonyl (C=O) groups is 1. The van der Waals surface area contributed by atoms with Crippen LogP contribution in [0, 0.1) is 0 Å². The predicted octanol–water partition coefficient (Wildman–Crippen LogP) is 3.72. The molecule has 1 atom stereocenters. The first-order chi connectivity index (χ1) is 13.5. The summed E-state index contributed by atoms with van der Waals surface area (Å²) in [6, 6.07) is 14.9. The molecular formula is C22H21N3O3. The summed E-state index contributed by atoms with van der Waals surface area (Å²) in [5.41, 5.74) is 10.2. The minimum absolute atomic E-state index is 0.141. The van der Waals surface area contributed by atoms with Crippen LogP contribution >= 0.6 is 0 Å². The van der Waals surface area contributed by atoms with E-state index in [9.17, 15) is 4.79 Å². The average Bonchev–Trinajstić information content (AvgIpc) is 2.73. The number of ether oxygens (including phenoxy) is 2. The summed E-state index contributed by atoms with van der Waals surface area (Å²) in [5, 5.41) is 3.03. The van der Waals surface area contributed by atoms with E-state index in [-0.39, 0.29) is 11.9 Å². The number of amides is 1. The van der Waals surface area contributed by atoms with Gasteiger partial charge in [-0.1, -0.05) is 18.2 Å². The molecule has 1 aliphatic heterocycles. The van der Waals surface area contributed by atoms with Gasteiger partial charge in [0.05, 0.1) is 19.3 Å². The summed E-state index contributed by atoms with van der Waals surface area (Å²) in [7, 11) is 1.62. The summed E-state index contributed by atoms with van der Waals surface area (Å²) in [6.07, 6.45) is 1.63. The topological polar surface area (TPSA) is 86.5 Å². The van der Waals surface area contributed by atoms with Crippen molar-refractivity contribution in [1.29, 1.82) is 0 Å². The lowest BCUT2D eigenvalue weighted by Gasteiger charge is -2.21. The number of methoxy groups -OCH3 is 1. The molecule has 0 saturated carbocycles. The van der Waals surface area contributed by atoms with E-state index in [0.717, 1.165) is 28.0 Å². The Bertz CT molecular complexity index is 1050. The minimum atomic E-state index is -0.151. The number of rotatable bonds is 4. The molecule has 2 aromatic carbocycles. The first-order valence-electron chi connectivity index (χ1n) is 9.01. The molecule has 1 amide bonds. The Morgan fingerprint density at radius 3 is 2.89 bits per heavy atom. The number of aromatic nitrogens is 1. The fourth-order valence-corrected chi connectivity index (χ4v) is 3.33. The molecule has 1 aromatic heterocycles. The monoisotopic (exact) mass is 375 g/mol. The van der Waals surface area contributed by atoms with Crippen LogP contribution in [0.1, 0.15) is 34.5 Å². The maximum Gasteiger partial charge on any atom is 0.251 e. The highest BCUT2D eigenvalue weighted by atomic mass is 16.5. The summed E-state index contributed by atoms with van der Waals surface area (Å²) >= 11 is 0. The van der Waals surface area contributed by atoms with E-state index < -0.39 is 0 Å². The summed E-state index contributed by atoms with van der Waals surface area (Å²) < 4.78 is 11.0. The number of pyridine rings is 1. The second-order valence-electron chi connectivity index (χ2n) is 6.74. The molecular weight excluding hydrogens is 354 g/mol. The van der Waals surface area contributed by atoms with E-state index >= 15 is 0 Å². The van der Waals surface area contributed by atoms with Gasteiger partial charge in [-0.3, -0.25) is 4.79 Å². The SMILES string of the molecule is COc1cccc([C@@H](C)NC(=O)c2ccc3c(c2)COc2cnc(N)cc2-3)c1. The lowest BCUT2D eigenvalue weighted by atomic mass is 9.95. The second kappa shape index (κ2) is 7.23. The number of nitrogens with two attached hydrogens (primary N) is 1. The Morgan fingerprint density at radius 1 is 1.21 bits per heavy atom. The average molecular weight is 375 g/mol. The van der Waals surface area contributed by atoms with Gasteiger partial charge in [-0.15, -0.1) is 0 Å². The molecule has 2 heterocycles. The van der Waals surface area contributed by atoms with Crippen LogP contribution in [-0.4, -0.2) is 18.0 Å². The molecule has 6 heteroatoms. The molecule has 0 fully saturated rings. The number of anilines is 1. The normalized spacial score (nSPS) is 12.9. The fourth-order valence-electron chi connectivity index (χ4n) is 3.33. The van der Waals surface area contributed by atoms with Crippen LogP contribution in [0.15, 0.2) is 54.7 Å². The van der Waals surface area contributed by atoms with Gasteiger partial charge >= 0.3 is 0 Å². The molecule has 3 aromatic rings. The third-order valence-corrected chi connectivity index (χ3v) is 4.87. The van der Waals surface area contributed by atoms with Crippen LogP contribution in [0.5, 0.6) is 11.5 Å². The highest BCUT2D eigenvalue weighted by Gasteiger charge is 2.20. The Hall–Kier alpha value is -3.54. The second-order valence-corrected chi connectivity index (χ2v) is 6.74. The lowest BCUT2D eigenvalue weighted by molar-refractivity contribution is 0.0939. The third-order valence-electron chi connectivity index (χ3n) is 4.87. The van der Waals surface area contributed by atoms with Crippen LogP contribution in [0.4, 0.5) is 5.82 Å². The van der Waals surface area contributed by atoms with Gasteiger partial charge in [0.15, 0.2) is 0 Å². The number of benzene rings is 2. The van der Waals surface area contributed by atoms with Crippen LogP contribution in [-0.2, 0) is 6.61 Å². The third kappa shape index (κ3) is 3.36. The van der Waals surface area contributed by atoms with Gasteiger partial charge in [0.2, 0.25) is 0 Å². The van der Waals surface area contributed by atoms with Crippen molar-refractivity contribution in [2.75, 3.05) is 12.8 Å². The number of fused-ring (bicyclic) bond motifs is 3. The zero-order valence-electron chi connectivity index (χ0n) is 15.7. The predicted molar refractivity (Wildman–Crippen MR) is 107 cm³/mol. The van der Waals surface area contributed by atoms with Crippen molar-refractivity contribution in [3.8, 4) is 22.6 Å². The Labute approximate surface area is 163 Å². The summed E-state index contributed by atoms with van der Waals surface area (Å²) in [5.74, 6) is 1.75. The number of nitrogens with zero attached hydrogens (tertiary/aromatic N) is 1. The molecule has 142 valence electrons. The van der Waals surface area contributed by atoms with E-state index in [1.807, 2.05) is 49.4 Å². The Morgan fingerprint density at radius 2 is 2.07 bits per heavy atom. The van der Waals surface area contributed by atoms with Crippen molar-refractivity contribution < 1.29 is 14.3 Å². The number of carbonyl (C=O) groups excluding carboxylic acids is 1. The van der Waals surface area contributed by atoms with Crippen LogP contribution in [0.25, 0.3) is 11.1 Å². The molecule has 4 rings (SSSR count). The number of hydrogen-bond donors (Lipinski definition) is 2. The zero-order chi connectivity index (χ0) is 19.7. The first kappa shape index (κ1) is 17.9. The van der Waals surface area contributed by atoms with E-state index in [2.05, 4.69) is 10.3 Å². The van der Waals surface area contributed by atoms with E-state index in [4.69, 9.17) is 15.2 Å². The molecule has 0 aliphatic carbocycles. The number of nitrogens with one attached hydrogen (secondary N) is 1. The van der Waals surface area contributed by atoms with E-state index in [1.54, 1.807) is 19.4 Å². The Balaban J connectivity index is 1.56. The van der Waals surface area contributed by atoms with Crippen molar-refractivity contribution in [3.63, 3.8) is 0 Å². The molecule has 3 N–H and O–H groups in total. The van der Waals surface area contributed by atoms with Crippen LogP contribution < -0.4 is 20.5 Å². The standard InChI is InChI=1S/C22H21N3O3/c1-13(14-4-3-5-17(9-14)27-2)25-22(26)15-6-7-18-16(8-15)12-28-20-11-24-21(23)10-19(18)20/h3-11,13H,12H2,1-2H3,(H2,23,24)(H,25,26)/t13-/m1/s1. The zero-order valence-corrected chi connectivity index (χ0v) is 15.7. The van der Waals surface area contributed by atoms with Crippen molar-refractivity contribution in [2.45, 2.75) is 19.6 Å². The van der Waals surface area contributed by atoms with Gasteiger partial charge < -0.3 is 20.5 Å². The molecule has 28 heavy (non-hydrogen) atoms. The fraction of sp³-hybridized carbons (Fsp3) is 0.182. The molecule has 1 aliphatic rings. The summed E-state index contributed by atoms with van der Waals surface area (Å²) in [6.45, 7) is 2.33. The maximum atomic E-state index is 12.8. The molecule has 6 nitrogen and oxygen atoms in total. The van der Waals surface area contributed by atoms with Crippen LogP contribution in [0.2, 0.25) is 0 Å². The van der Waals surface area contributed by atoms with Gasteiger partial charge in [-0.25, -0.2) is 4.98 Å². The molecule has 0 unspecified atom stereocenters. The highest BCUT2D eigenvalue weighted by Crippen LogP contribution is 2.38. The van der Waals surface area contributed by atoms with Gasteiger partial charge in [-0.2, -0.15) is 0 Å². The van der Waals surface area contributed by atoms with Crippen LogP contribution in [0.3, 0.4) is 0 Å². The smallest absolute Gasteiger partial charge is 0.251 e. The van der Waals surface area contributed by atoms with Gasteiger partial charge in [-0.05, 0) is 53.9 Å². The van der Waals surface area contributed by atoms with Gasteiger partial charge in [0.1, 0.15) is 23.9 Å². The van der Waals surface area contributed by atoms with E-state index in [0.29, 0.717) is 23.7 Å². The first-order valence-corrected chi connectivity index (χ1v) is 9.01. The maximum absolute atomic E-state index is 12.8. The quantitative estimate of drug-likeness (QED) is 0.726. The minimum Gasteiger partial charge on any atom is -0.497 e. The number of nitrogen functional groups attached to an aromatic ring is 1. The van der Waals surface area contributed by atoms with Gasteiger partial charge in [0.25, 0.3) is 5.91 Å². The van der Waals surface area contributed by atoms with Crippen molar-refractivity contribution in [3.05, 3.63) is 71.4 Å². The lowest BCUT2D eigenvalue weighted by Crippen LogP contribution is -2.27.